The third-order valence-electron chi connectivity index (χ3n) is 8.05. The number of rotatable bonds is 20. The molecule has 0 radical (unpaired) electrons. The van der Waals surface area contributed by atoms with Crippen LogP contribution in [0.15, 0.2) is 60.7 Å². The van der Waals surface area contributed by atoms with Crippen molar-refractivity contribution < 1.29 is 27.4 Å². The minimum Gasteiger partial charge on any atom is -0.494 e. The average molecular weight is 599 g/mol. The summed E-state index contributed by atoms with van der Waals surface area (Å²) in [5, 5.41) is 2.25. The van der Waals surface area contributed by atoms with E-state index in [0.717, 1.165) is 48.4 Å². The topological polar surface area (TPSA) is 35.5 Å². The summed E-state index contributed by atoms with van der Waals surface area (Å²) in [7, 11) is 0. The number of ether oxygens (including phenoxy) is 2. The normalized spacial score (nSPS) is 12.4. The molecule has 0 aromatic heterocycles. The second-order valence-electron chi connectivity index (χ2n) is 11.6. The van der Waals surface area contributed by atoms with Crippen LogP contribution in [0, 0.1) is 0 Å². The van der Waals surface area contributed by atoms with Gasteiger partial charge in [0, 0.05) is 0 Å². The number of aryl methyl sites for hydroxylation is 2. The number of carbonyl (C=O) groups excluding carboxylic acids is 1. The second-order valence-corrected chi connectivity index (χ2v) is 11.6. The molecule has 0 saturated heterocycles. The van der Waals surface area contributed by atoms with Gasteiger partial charge in [-0.2, -0.15) is 13.2 Å². The summed E-state index contributed by atoms with van der Waals surface area (Å²) < 4.78 is 52.7. The SMILES string of the molecule is CCCCCCCCCCOc1ccc(CCc2cccc3ccccc23)c(C(=O)OC(CCCCCC)C(F)(F)F)c1. The predicted octanol–water partition coefficient (Wildman–Crippen LogP) is 11.2. The van der Waals surface area contributed by atoms with Crippen LogP contribution in [0.5, 0.6) is 5.75 Å². The van der Waals surface area contributed by atoms with E-state index in [4.69, 9.17) is 9.47 Å². The van der Waals surface area contributed by atoms with E-state index in [1.165, 1.54) is 32.1 Å². The Morgan fingerprint density at radius 3 is 2.07 bits per heavy atom. The van der Waals surface area contributed by atoms with Gasteiger partial charge < -0.3 is 9.47 Å². The Morgan fingerprint density at radius 1 is 0.721 bits per heavy atom. The summed E-state index contributed by atoms with van der Waals surface area (Å²) in [6.07, 6.45) is 6.39. The van der Waals surface area contributed by atoms with Crippen molar-refractivity contribution in [1.82, 2.24) is 0 Å². The van der Waals surface area contributed by atoms with Gasteiger partial charge in [-0.3, -0.25) is 0 Å². The number of halogens is 3. The number of hydrogen-bond acceptors (Lipinski definition) is 3. The number of alkyl halides is 3. The summed E-state index contributed by atoms with van der Waals surface area (Å²) in [4.78, 5) is 13.3. The summed E-state index contributed by atoms with van der Waals surface area (Å²) in [5.41, 5.74) is 1.93. The lowest BCUT2D eigenvalue weighted by atomic mass is 9.96. The van der Waals surface area contributed by atoms with E-state index in [0.29, 0.717) is 43.6 Å². The van der Waals surface area contributed by atoms with Gasteiger partial charge in [-0.05, 0) is 66.1 Å². The van der Waals surface area contributed by atoms with Gasteiger partial charge >= 0.3 is 12.1 Å². The molecule has 0 N–H and O–H groups in total. The lowest BCUT2D eigenvalue weighted by Gasteiger charge is -2.22. The average Bonchev–Trinajstić information content (AvgIpc) is 3.00. The van der Waals surface area contributed by atoms with Crippen LogP contribution in [0.1, 0.15) is 119 Å². The monoisotopic (exact) mass is 598 g/mol. The van der Waals surface area contributed by atoms with E-state index in [-0.39, 0.29) is 12.0 Å². The van der Waals surface area contributed by atoms with Crippen LogP contribution >= 0.6 is 0 Å². The fourth-order valence-electron chi connectivity index (χ4n) is 5.50. The zero-order chi connectivity index (χ0) is 30.9. The summed E-state index contributed by atoms with van der Waals surface area (Å²) in [6.45, 7) is 4.72. The molecule has 0 amide bonds. The molecular weight excluding hydrogens is 549 g/mol. The molecule has 43 heavy (non-hydrogen) atoms. The van der Waals surface area contributed by atoms with Crippen LogP contribution in [0.3, 0.4) is 0 Å². The maximum Gasteiger partial charge on any atom is 0.425 e. The number of esters is 1. The Balaban J connectivity index is 1.71. The number of unbranched alkanes of at least 4 members (excludes halogenated alkanes) is 10. The van der Waals surface area contributed by atoms with E-state index in [2.05, 4.69) is 31.2 Å². The molecule has 1 atom stereocenters. The van der Waals surface area contributed by atoms with Crippen LogP contribution < -0.4 is 4.74 Å². The van der Waals surface area contributed by atoms with Gasteiger partial charge in [0.25, 0.3) is 0 Å². The van der Waals surface area contributed by atoms with Crippen molar-refractivity contribution >= 4 is 16.7 Å². The van der Waals surface area contributed by atoms with Crippen LogP contribution in [0.25, 0.3) is 10.8 Å². The van der Waals surface area contributed by atoms with Crippen molar-refractivity contribution in [3.63, 3.8) is 0 Å². The van der Waals surface area contributed by atoms with E-state index < -0.39 is 18.2 Å². The number of benzene rings is 3. The Kier molecular flexibility index (Phi) is 14.9. The molecule has 0 aliphatic rings. The minimum atomic E-state index is -4.62. The summed E-state index contributed by atoms with van der Waals surface area (Å²) in [5.74, 6) is -0.460. The van der Waals surface area contributed by atoms with Crippen LogP contribution in [0.2, 0.25) is 0 Å². The van der Waals surface area contributed by atoms with Crippen molar-refractivity contribution in [2.24, 2.45) is 0 Å². The molecule has 3 aromatic rings. The number of fused-ring (bicyclic) bond motifs is 1. The van der Waals surface area contributed by atoms with E-state index in [1.54, 1.807) is 12.1 Å². The maximum absolute atomic E-state index is 13.9. The highest BCUT2D eigenvalue weighted by Crippen LogP contribution is 2.30. The quantitative estimate of drug-likeness (QED) is 0.0959. The Bertz CT molecular complexity index is 1230. The van der Waals surface area contributed by atoms with Gasteiger partial charge in [-0.1, -0.05) is 127 Å². The van der Waals surface area contributed by atoms with Gasteiger partial charge in [0.05, 0.1) is 12.2 Å². The minimum absolute atomic E-state index is 0.150. The molecule has 6 heteroatoms. The maximum atomic E-state index is 13.9. The van der Waals surface area contributed by atoms with Gasteiger partial charge in [-0.15, -0.1) is 0 Å². The molecule has 0 fully saturated rings. The standard InChI is InChI=1S/C37H49F3O3/c1-3-5-7-9-10-11-12-16-27-42-32-26-25-31(24-23-30-20-17-19-29-18-14-15-21-33(29)30)34(28-32)36(41)43-35(37(38,39)40)22-13-8-6-4-2/h14-15,17-21,25-26,28,35H,3-13,16,22-24,27H2,1-2H3. The van der Waals surface area contributed by atoms with Crippen molar-refractivity contribution in [3.8, 4) is 5.75 Å². The van der Waals surface area contributed by atoms with E-state index in [1.807, 2.05) is 31.2 Å². The molecule has 3 rings (SSSR count). The molecule has 236 valence electrons. The van der Waals surface area contributed by atoms with E-state index >= 15 is 0 Å². The fourth-order valence-corrected chi connectivity index (χ4v) is 5.50. The highest BCUT2D eigenvalue weighted by molar-refractivity contribution is 5.92. The molecule has 0 saturated carbocycles. The highest BCUT2D eigenvalue weighted by Gasteiger charge is 2.42. The third kappa shape index (κ3) is 11.9. The molecule has 0 aliphatic heterocycles. The van der Waals surface area contributed by atoms with Gasteiger partial charge in [0.1, 0.15) is 5.75 Å². The molecule has 1 unspecified atom stereocenters. The first kappa shape index (κ1) is 34.5. The smallest absolute Gasteiger partial charge is 0.425 e. The predicted molar refractivity (Wildman–Crippen MR) is 170 cm³/mol. The molecule has 3 nitrogen and oxygen atoms in total. The van der Waals surface area contributed by atoms with Crippen LogP contribution in [-0.4, -0.2) is 24.9 Å². The first-order valence-corrected chi connectivity index (χ1v) is 16.3. The first-order chi connectivity index (χ1) is 20.8. The largest absolute Gasteiger partial charge is 0.494 e. The third-order valence-corrected chi connectivity index (χ3v) is 8.05. The molecule has 0 bridgehead atoms. The number of carbonyl (C=O) groups is 1. The van der Waals surface area contributed by atoms with Crippen molar-refractivity contribution in [2.45, 2.75) is 122 Å². The van der Waals surface area contributed by atoms with Crippen molar-refractivity contribution in [2.75, 3.05) is 6.61 Å². The van der Waals surface area contributed by atoms with Gasteiger partial charge in [0.15, 0.2) is 6.10 Å². The summed E-state index contributed by atoms with van der Waals surface area (Å²) in [6, 6.07) is 19.4. The van der Waals surface area contributed by atoms with Crippen LogP contribution in [0.4, 0.5) is 13.2 Å². The summed E-state index contributed by atoms with van der Waals surface area (Å²) >= 11 is 0. The fraction of sp³-hybridized carbons (Fsp3) is 0.541. The lowest BCUT2D eigenvalue weighted by molar-refractivity contribution is -0.206. The molecular formula is C37H49F3O3. The second kappa shape index (κ2) is 18.6. The Hall–Kier alpha value is -3.02. The Labute approximate surface area is 256 Å². The van der Waals surface area contributed by atoms with Crippen LogP contribution in [-0.2, 0) is 17.6 Å². The van der Waals surface area contributed by atoms with Gasteiger partial charge in [-0.25, -0.2) is 4.79 Å². The lowest BCUT2D eigenvalue weighted by Crippen LogP contribution is -2.34. The zero-order valence-electron chi connectivity index (χ0n) is 26.0. The molecule has 0 aliphatic carbocycles. The zero-order valence-corrected chi connectivity index (χ0v) is 26.0. The van der Waals surface area contributed by atoms with Crippen molar-refractivity contribution in [3.05, 3.63) is 77.4 Å². The van der Waals surface area contributed by atoms with Crippen molar-refractivity contribution in [1.29, 1.82) is 0 Å². The van der Waals surface area contributed by atoms with Gasteiger partial charge in [0.2, 0.25) is 0 Å². The molecule has 3 aromatic carbocycles. The Morgan fingerprint density at radius 2 is 1.35 bits per heavy atom. The highest BCUT2D eigenvalue weighted by atomic mass is 19.4. The molecule has 0 spiro atoms. The van der Waals surface area contributed by atoms with E-state index in [9.17, 15) is 18.0 Å². The molecule has 0 heterocycles. The number of hydrogen-bond donors (Lipinski definition) is 0. The first-order valence-electron chi connectivity index (χ1n) is 16.3.